The molecule has 18 heavy (non-hydrogen) atoms. The maximum atomic E-state index is 12.5. The minimum atomic E-state index is -0.822. The lowest BCUT2D eigenvalue weighted by molar-refractivity contribution is -0.150. The lowest BCUT2D eigenvalue weighted by Gasteiger charge is -2.42. The molecule has 1 heterocycles. The highest BCUT2D eigenvalue weighted by Gasteiger charge is 2.44. The van der Waals surface area contributed by atoms with E-state index >= 15 is 0 Å². The number of carbonyl (C=O) groups is 2. The highest BCUT2D eigenvalue weighted by Crippen LogP contribution is 2.32. The van der Waals surface area contributed by atoms with Gasteiger partial charge in [-0.2, -0.15) is 0 Å². The molecule has 104 valence electrons. The van der Waals surface area contributed by atoms with Crippen LogP contribution in [0.2, 0.25) is 0 Å². The third-order valence-corrected chi connectivity index (χ3v) is 4.20. The summed E-state index contributed by atoms with van der Waals surface area (Å²) in [5.74, 6) is -1.32. The number of amides is 1. The fourth-order valence-electron chi connectivity index (χ4n) is 2.03. The molecule has 1 atom stereocenters. The molecule has 0 aromatic heterocycles. The largest absolute Gasteiger partial charge is 0.481 e. The Hall–Kier alpha value is -1.10. The summed E-state index contributed by atoms with van der Waals surface area (Å²) in [6, 6.07) is 0. The number of piperidine rings is 1. The predicted octanol–water partition coefficient (Wildman–Crippen LogP) is 1.07. The molecule has 1 unspecified atom stereocenters. The van der Waals surface area contributed by atoms with Crippen LogP contribution in [0, 0.1) is 11.3 Å². The van der Waals surface area contributed by atoms with Crippen LogP contribution in [0.3, 0.4) is 0 Å². The molecule has 0 bridgehead atoms. The topological polar surface area (TPSA) is 83.6 Å². The van der Waals surface area contributed by atoms with E-state index in [9.17, 15) is 9.59 Å². The molecule has 1 saturated heterocycles. The maximum Gasteiger partial charge on any atom is 0.308 e. The SMILES string of the molecule is CC(C)(N)C(C)(C)C(=O)N1CCCC(C(=O)O)C1. The monoisotopic (exact) mass is 256 g/mol. The van der Waals surface area contributed by atoms with Crippen LogP contribution >= 0.6 is 0 Å². The minimum Gasteiger partial charge on any atom is -0.481 e. The van der Waals surface area contributed by atoms with E-state index in [1.807, 2.05) is 27.7 Å². The highest BCUT2D eigenvalue weighted by molar-refractivity contribution is 5.84. The molecule has 0 aliphatic carbocycles. The number of carboxylic acid groups (broad SMARTS) is 1. The number of nitrogens with two attached hydrogens (primary N) is 1. The first-order valence-corrected chi connectivity index (χ1v) is 6.38. The number of nitrogens with zero attached hydrogens (tertiary/aromatic N) is 1. The van der Waals surface area contributed by atoms with Gasteiger partial charge in [-0.25, -0.2) is 0 Å². The quantitative estimate of drug-likeness (QED) is 0.791. The first-order valence-electron chi connectivity index (χ1n) is 6.38. The lowest BCUT2D eigenvalue weighted by Crippen LogP contribution is -2.58. The fraction of sp³-hybridized carbons (Fsp3) is 0.846. The van der Waals surface area contributed by atoms with Gasteiger partial charge in [0.15, 0.2) is 0 Å². The van der Waals surface area contributed by atoms with Crippen LogP contribution in [0.4, 0.5) is 0 Å². The molecular weight excluding hydrogens is 232 g/mol. The third-order valence-electron chi connectivity index (χ3n) is 4.20. The van der Waals surface area contributed by atoms with E-state index in [1.165, 1.54) is 0 Å². The summed E-state index contributed by atoms with van der Waals surface area (Å²) < 4.78 is 0. The number of hydrogen-bond acceptors (Lipinski definition) is 3. The molecule has 0 spiro atoms. The summed E-state index contributed by atoms with van der Waals surface area (Å²) in [5.41, 5.74) is 4.71. The van der Waals surface area contributed by atoms with Gasteiger partial charge in [-0.15, -0.1) is 0 Å². The second-order valence-electron chi connectivity index (χ2n) is 6.28. The molecule has 3 N–H and O–H groups in total. The molecule has 0 saturated carbocycles. The Morgan fingerprint density at radius 2 is 1.83 bits per heavy atom. The number of carbonyl (C=O) groups excluding carboxylic acids is 1. The molecule has 5 nitrogen and oxygen atoms in total. The number of aliphatic carboxylic acids is 1. The van der Waals surface area contributed by atoms with Gasteiger partial charge in [0.1, 0.15) is 0 Å². The maximum absolute atomic E-state index is 12.5. The standard InChI is InChI=1S/C13H24N2O3/c1-12(2,13(3,4)14)11(18)15-7-5-6-9(8-15)10(16)17/h9H,5-8,14H2,1-4H3,(H,16,17). The number of carboxylic acids is 1. The van der Waals surface area contributed by atoms with Crippen LogP contribution < -0.4 is 5.73 Å². The van der Waals surface area contributed by atoms with Crippen LogP contribution in [-0.4, -0.2) is 40.5 Å². The molecule has 1 aliphatic rings. The highest BCUT2D eigenvalue weighted by atomic mass is 16.4. The van der Waals surface area contributed by atoms with Gasteiger partial charge >= 0.3 is 5.97 Å². The van der Waals surface area contributed by atoms with Crippen molar-refractivity contribution >= 4 is 11.9 Å². The van der Waals surface area contributed by atoms with E-state index in [0.29, 0.717) is 19.5 Å². The van der Waals surface area contributed by atoms with Gasteiger partial charge in [0.2, 0.25) is 5.91 Å². The average Bonchev–Trinajstić information content (AvgIpc) is 2.26. The molecule has 0 aromatic carbocycles. The van der Waals surface area contributed by atoms with Crippen molar-refractivity contribution in [1.82, 2.24) is 4.90 Å². The molecule has 1 fully saturated rings. The van der Waals surface area contributed by atoms with Crippen LogP contribution in [0.25, 0.3) is 0 Å². The smallest absolute Gasteiger partial charge is 0.308 e. The van der Waals surface area contributed by atoms with Gasteiger partial charge in [-0.3, -0.25) is 9.59 Å². The van der Waals surface area contributed by atoms with E-state index < -0.39 is 22.8 Å². The second-order valence-corrected chi connectivity index (χ2v) is 6.28. The van der Waals surface area contributed by atoms with Crippen LogP contribution in [0.15, 0.2) is 0 Å². The van der Waals surface area contributed by atoms with E-state index in [4.69, 9.17) is 10.8 Å². The van der Waals surface area contributed by atoms with E-state index in [2.05, 4.69) is 0 Å². The van der Waals surface area contributed by atoms with E-state index in [-0.39, 0.29) is 5.91 Å². The Bertz CT molecular complexity index is 345. The van der Waals surface area contributed by atoms with E-state index in [0.717, 1.165) is 6.42 Å². The summed E-state index contributed by atoms with van der Waals surface area (Å²) in [6.07, 6.45) is 1.38. The Labute approximate surface area is 108 Å². The van der Waals surface area contributed by atoms with Gasteiger partial charge in [-0.1, -0.05) is 0 Å². The lowest BCUT2D eigenvalue weighted by atomic mass is 9.73. The zero-order valence-corrected chi connectivity index (χ0v) is 11.7. The van der Waals surface area contributed by atoms with Crippen LogP contribution in [0.1, 0.15) is 40.5 Å². The molecular formula is C13H24N2O3. The van der Waals surface area contributed by atoms with Crippen molar-refractivity contribution in [2.24, 2.45) is 17.1 Å². The summed E-state index contributed by atoms with van der Waals surface area (Å²) in [7, 11) is 0. The molecule has 1 rings (SSSR count). The van der Waals surface area contributed by atoms with Crippen molar-refractivity contribution in [3.8, 4) is 0 Å². The van der Waals surface area contributed by atoms with Gasteiger partial charge in [0.05, 0.1) is 11.3 Å². The molecule has 5 heteroatoms. The van der Waals surface area contributed by atoms with E-state index in [1.54, 1.807) is 4.90 Å². The van der Waals surface area contributed by atoms with Crippen LogP contribution in [-0.2, 0) is 9.59 Å². The van der Waals surface area contributed by atoms with Gasteiger partial charge in [0.25, 0.3) is 0 Å². The third kappa shape index (κ3) is 2.83. The first kappa shape index (κ1) is 15.0. The van der Waals surface area contributed by atoms with Gasteiger partial charge < -0.3 is 15.7 Å². The van der Waals surface area contributed by atoms with Crippen molar-refractivity contribution < 1.29 is 14.7 Å². The second kappa shape index (κ2) is 4.88. The Kier molecular flexibility index (Phi) is 4.05. The fourth-order valence-corrected chi connectivity index (χ4v) is 2.03. The molecule has 0 aromatic rings. The summed E-state index contributed by atoms with van der Waals surface area (Å²) in [5, 5.41) is 9.04. The normalized spacial score (nSPS) is 21.8. The van der Waals surface area contributed by atoms with Gasteiger partial charge in [0, 0.05) is 18.6 Å². The summed E-state index contributed by atoms with van der Waals surface area (Å²) >= 11 is 0. The molecule has 1 aliphatic heterocycles. The van der Waals surface area contributed by atoms with Crippen molar-refractivity contribution in [2.75, 3.05) is 13.1 Å². The summed E-state index contributed by atoms with van der Waals surface area (Å²) in [4.78, 5) is 25.1. The number of rotatable bonds is 3. The number of hydrogen-bond donors (Lipinski definition) is 2. The average molecular weight is 256 g/mol. The van der Waals surface area contributed by atoms with Crippen molar-refractivity contribution in [3.05, 3.63) is 0 Å². The predicted molar refractivity (Wildman–Crippen MR) is 69.0 cm³/mol. The van der Waals surface area contributed by atoms with Crippen LogP contribution in [0.5, 0.6) is 0 Å². The number of likely N-dealkylation sites (tertiary alicyclic amines) is 1. The van der Waals surface area contributed by atoms with Gasteiger partial charge in [-0.05, 0) is 40.5 Å². The summed E-state index contributed by atoms with van der Waals surface area (Å²) in [6.45, 7) is 8.21. The minimum absolute atomic E-state index is 0.0547. The van der Waals surface area contributed by atoms with Crippen molar-refractivity contribution in [2.45, 2.75) is 46.1 Å². The Morgan fingerprint density at radius 3 is 2.28 bits per heavy atom. The van der Waals surface area contributed by atoms with Crippen molar-refractivity contribution in [3.63, 3.8) is 0 Å². The zero-order chi connectivity index (χ0) is 14.1. The Balaban J connectivity index is 2.82. The molecule has 0 radical (unpaired) electrons. The first-order chi connectivity index (χ1) is 8.07. The van der Waals surface area contributed by atoms with Crippen molar-refractivity contribution in [1.29, 1.82) is 0 Å². The zero-order valence-electron chi connectivity index (χ0n) is 11.7. The molecule has 1 amide bonds. The Morgan fingerprint density at radius 1 is 1.28 bits per heavy atom.